The molecule has 1 fully saturated rings. The normalized spacial score (nSPS) is 16.6. The van der Waals surface area contributed by atoms with Crippen molar-refractivity contribution in [1.29, 1.82) is 0 Å². The monoisotopic (exact) mass is 369 g/mol. The molecule has 1 aliphatic rings. The number of ether oxygens (including phenoxy) is 1. The summed E-state index contributed by atoms with van der Waals surface area (Å²) in [5.41, 5.74) is 2.92. The highest BCUT2D eigenvalue weighted by molar-refractivity contribution is 5.84. The molecule has 0 spiro atoms. The fourth-order valence-electron chi connectivity index (χ4n) is 3.71. The van der Waals surface area contributed by atoms with Crippen molar-refractivity contribution in [3.05, 3.63) is 60.0 Å². The zero-order chi connectivity index (χ0) is 18.8. The van der Waals surface area contributed by atoms with Gasteiger partial charge in [0, 0.05) is 67.1 Å². The number of fused-ring (bicyclic) bond motifs is 1. The molecular weight excluding hydrogens is 345 g/mol. The first-order valence-corrected chi connectivity index (χ1v) is 9.20. The Morgan fingerprint density at radius 1 is 1.11 bits per heavy atom. The van der Waals surface area contributed by atoms with E-state index in [1.807, 2.05) is 36.5 Å². The predicted molar refractivity (Wildman–Crippen MR) is 105 cm³/mol. The van der Waals surface area contributed by atoms with Crippen LogP contribution in [0.25, 0.3) is 10.9 Å². The molecule has 2 aromatic carbocycles. The summed E-state index contributed by atoms with van der Waals surface area (Å²) in [5.74, 6) is 0.583. The molecule has 0 bridgehead atoms. The fourth-order valence-corrected chi connectivity index (χ4v) is 3.71. The fraction of sp³-hybridized carbons (Fsp3) is 0.333. The Kier molecular flexibility index (Phi) is 5.01. The van der Waals surface area contributed by atoms with Crippen molar-refractivity contribution in [3.63, 3.8) is 0 Å². The van der Waals surface area contributed by atoms with Crippen LogP contribution >= 0.6 is 0 Å². The SMILES string of the molecule is COc1ccc2c(C(O)CN3CCN(c4ccc(F)cc4)CC3)c[nH]c2c1. The number of halogens is 1. The molecule has 4 rings (SSSR count). The number of piperazine rings is 1. The maximum atomic E-state index is 13.1. The summed E-state index contributed by atoms with van der Waals surface area (Å²) in [6.07, 6.45) is 1.33. The second kappa shape index (κ2) is 7.58. The van der Waals surface area contributed by atoms with Gasteiger partial charge in [-0.05, 0) is 36.4 Å². The van der Waals surface area contributed by atoms with Crippen LogP contribution in [-0.2, 0) is 0 Å². The summed E-state index contributed by atoms with van der Waals surface area (Å²) in [7, 11) is 1.64. The number of aromatic nitrogens is 1. The zero-order valence-electron chi connectivity index (χ0n) is 15.4. The number of hydrogen-bond donors (Lipinski definition) is 2. The predicted octanol–water partition coefficient (Wildman–Crippen LogP) is 3.17. The molecule has 1 atom stereocenters. The number of benzene rings is 2. The summed E-state index contributed by atoms with van der Waals surface area (Å²) in [6.45, 7) is 4.05. The third kappa shape index (κ3) is 3.77. The van der Waals surface area contributed by atoms with E-state index in [0.29, 0.717) is 6.54 Å². The molecule has 1 saturated heterocycles. The van der Waals surface area contributed by atoms with E-state index in [9.17, 15) is 9.50 Å². The molecule has 2 heterocycles. The molecule has 27 heavy (non-hydrogen) atoms. The van der Waals surface area contributed by atoms with Gasteiger partial charge in [-0.1, -0.05) is 0 Å². The van der Waals surface area contributed by atoms with Crippen LogP contribution in [0.4, 0.5) is 10.1 Å². The molecule has 142 valence electrons. The van der Waals surface area contributed by atoms with Gasteiger partial charge in [0.05, 0.1) is 13.2 Å². The van der Waals surface area contributed by atoms with E-state index in [4.69, 9.17) is 4.74 Å². The molecule has 0 saturated carbocycles. The highest BCUT2D eigenvalue weighted by atomic mass is 19.1. The minimum absolute atomic E-state index is 0.211. The van der Waals surface area contributed by atoms with Crippen molar-refractivity contribution in [1.82, 2.24) is 9.88 Å². The molecule has 0 aliphatic carbocycles. The van der Waals surface area contributed by atoms with E-state index in [-0.39, 0.29) is 5.82 Å². The minimum Gasteiger partial charge on any atom is -0.497 e. The molecule has 6 heteroatoms. The average Bonchev–Trinajstić information content (AvgIpc) is 3.12. The van der Waals surface area contributed by atoms with Crippen LogP contribution in [0.5, 0.6) is 5.75 Å². The van der Waals surface area contributed by atoms with Crippen LogP contribution in [0.15, 0.2) is 48.7 Å². The third-order valence-corrected chi connectivity index (χ3v) is 5.28. The van der Waals surface area contributed by atoms with Gasteiger partial charge in [0.2, 0.25) is 0 Å². The number of aromatic amines is 1. The topological polar surface area (TPSA) is 51.7 Å². The van der Waals surface area contributed by atoms with Gasteiger partial charge in [-0.25, -0.2) is 4.39 Å². The first kappa shape index (κ1) is 17.8. The van der Waals surface area contributed by atoms with Crippen molar-refractivity contribution < 1.29 is 14.2 Å². The van der Waals surface area contributed by atoms with Crippen molar-refractivity contribution in [2.24, 2.45) is 0 Å². The second-order valence-electron chi connectivity index (χ2n) is 6.94. The van der Waals surface area contributed by atoms with Crippen LogP contribution in [0, 0.1) is 5.82 Å². The third-order valence-electron chi connectivity index (χ3n) is 5.28. The number of nitrogens with zero attached hydrogens (tertiary/aromatic N) is 2. The van der Waals surface area contributed by atoms with E-state index >= 15 is 0 Å². The molecule has 0 radical (unpaired) electrons. The van der Waals surface area contributed by atoms with Crippen molar-refractivity contribution in [2.45, 2.75) is 6.10 Å². The lowest BCUT2D eigenvalue weighted by Crippen LogP contribution is -2.47. The number of β-amino-alcohol motifs (C(OH)–C–C–N with tert-alkyl or cyclic N) is 1. The number of anilines is 1. The van der Waals surface area contributed by atoms with Gasteiger partial charge < -0.3 is 19.7 Å². The zero-order valence-corrected chi connectivity index (χ0v) is 15.4. The standard InChI is InChI=1S/C21H24FN3O2/c1-27-17-6-7-18-19(13-23-20(18)12-17)21(26)14-24-8-10-25(11-9-24)16-4-2-15(22)3-5-16/h2-7,12-13,21,23,26H,8-11,14H2,1H3. The van der Waals surface area contributed by atoms with Gasteiger partial charge in [0.15, 0.2) is 0 Å². The smallest absolute Gasteiger partial charge is 0.123 e. The van der Waals surface area contributed by atoms with Crippen LogP contribution in [0.3, 0.4) is 0 Å². The van der Waals surface area contributed by atoms with Crippen molar-refractivity contribution in [2.75, 3.05) is 44.7 Å². The maximum absolute atomic E-state index is 13.1. The van der Waals surface area contributed by atoms with Gasteiger partial charge in [-0.15, -0.1) is 0 Å². The Morgan fingerprint density at radius 2 is 1.85 bits per heavy atom. The molecular formula is C21H24FN3O2. The molecule has 3 aromatic rings. The average molecular weight is 369 g/mol. The first-order chi connectivity index (χ1) is 13.1. The number of rotatable bonds is 5. The minimum atomic E-state index is -0.551. The number of methoxy groups -OCH3 is 1. The van der Waals surface area contributed by atoms with Crippen LogP contribution < -0.4 is 9.64 Å². The van der Waals surface area contributed by atoms with E-state index in [1.165, 1.54) is 12.1 Å². The largest absolute Gasteiger partial charge is 0.497 e. The Bertz CT molecular complexity index is 901. The van der Waals surface area contributed by atoms with Gasteiger partial charge in [-0.2, -0.15) is 0 Å². The number of aliphatic hydroxyl groups excluding tert-OH is 1. The highest BCUT2D eigenvalue weighted by Gasteiger charge is 2.21. The molecule has 1 unspecified atom stereocenters. The van der Waals surface area contributed by atoms with Gasteiger partial charge in [0.25, 0.3) is 0 Å². The molecule has 2 N–H and O–H groups in total. The second-order valence-corrected chi connectivity index (χ2v) is 6.94. The maximum Gasteiger partial charge on any atom is 0.123 e. The molecule has 0 amide bonds. The van der Waals surface area contributed by atoms with E-state index in [2.05, 4.69) is 14.8 Å². The van der Waals surface area contributed by atoms with Crippen molar-refractivity contribution >= 4 is 16.6 Å². The van der Waals surface area contributed by atoms with Crippen LogP contribution in [-0.4, -0.2) is 54.8 Å². The number of nitrogens with one attached hydrogen (secondary N) is 1. The summed E-state index contributed by atoms with van der Waals surface area (Å²) in [6, 6.07) is 12.5. The molecule has 1 aliphatic heterocycles. The van der Waals surface area contributed by atoms with E-state index in [0.717, 1.165) is 54.1 Å². The Hall–Kier alpha value is -2.57. The quantitative estimate of drug-likeness (QED) is 0.725. The molecule has 5 nitrogen and oxygen atoms in total. The first-order valence-electron chi connectivity index (χ1n) is 9.20. The van der Waals surface area contributed by atoms with Gasteiger partial charge >= 0.3 is 0 Å². The Balaban J connectivity index is 1.38. The van der Waals surface area contributed by atoms with Crippen molar-refractivity contribution in [3.8, 4) is 5.75 Å². The van der Waals surface area contributed by atoms with E-state index < -0.39 is 6.10 Å². The lowest BCUT2D eigenvalue weighted by Gasteiger charge is -2.36. The Labute approximate surface area is 158 Å². The summed E-state index contributed by atoms with van der Waals surface area (Å²) < 4.78 is 18.3. The van der Waals surface area contributed by atoms with Gasteiger partial charge in [-0.3, -0.25) is 4.90 Å². The van der Waals surface area contributed by atoms with E-state index in [1.54, 1.807) is 7.11 Å². The highest BCUT2D eigenvalue weighted by Crippen LogP contribution is 2.28. The van der Waals surface area contributed by atoms with Gasteiger partial charge in [0.1, 0.15) is 11.6 Å². The lowest BCUT2D eigenvalue weighted by atomic mass is 10.1. The lowest BCUT2D eigenvalue weighted by molar-refractivity contribution is 0.110. The molecule has 1 aromatic heterocycles. The summed E-state index contributed by atoms with van der Waals surface area (Å²) in [5, 5.41) is 11.8. The number of H-pyrrole nitrogens is 1. The summed E-state index contributed by atoms with van der Waals surface area (Å²) in [4.78, 5) is 7.74. The van der Waals surface area contributed by atoms with Crippen LogP contribution in [0.1, 0.15) is 11.7 Å². The number of aliphatic hydroxyl groups is 1. The van der Waals surface area contributed by atoms with Crippen LogP contribution in [0.2, 0.25) is 0 Å². The Morgan fingerprint density at radius 3 is 2.56 bits per heavy atom. The summed E-state index contributed by atoms with van der Waals surface area (Å²) >= 11 is 0. The number of hydrogen-bond acceptors (Lipinski definition) is 4.